The second-order valence-corrected chi connectivity index (χ2v) is 6.74. The van der Waals surface area contributed by atoms with Gasteiger partial charge in [-0.1, -0.05) is 48.5 Å². The van der Waals surface area contributed by atoms with Crippen molar-refractivity contribution in [1.82, 2.24) is 10.4 Å². The van der Waals surface area contributed by atoms with Gasteiger partial charge in [0.1, 0.15) is 17.1 Å². The average molecular weight is 425 g/mol. The maximum absolute atomic E-state index is 11.0. The monoisotopic (exact) mass is 425 g/mol. The van der Waals surface area contributed by atoms with Gasteiger partial charge in [0, 0.05) is 23.1 Å². The molecule has 4 aromatic rings. The molecule has 0 atom stereocenters. The Morgan fingerprint density at radius 1 is 1.03 bits per heavy atom. The number of benzene rings is 3. The Morgan fingerprint density at radius 3 is 2.69 bits per heavy atom. The summed E-state index contributed by atoms with van der Waals surface area (Å²) in [5, 5.41) is 16.2. The molecule has 158 valence electrons. The zero-order valence-corrected chi connectivity index (χ0v) is 17.2. The summed E-state index contributed by atoms with van der Waals surface area (Å²) < 4.78 is 5.40. The number of fused-ring (bicyclic) bond motifs is 1. The molecular formula is C24H19N5O3. The Kier molecular flexibility index (Phi) is 6.12. The summed E-state index contributed by atoms with van der Waals surface area (Å²) in [6.07, 6.45) is 1.49. The maximum atomic E-state index is 11.0. The van der Waals surface area contributed by atoms with Crippen molar-refractivity contribution in [2.24, 2.45) is 10.1 Å². The molecule has 0 spiro atoms. The third-order valence-electron chi connectivity index (χ3n) is 4.62. The van der Waals surface area contributed by atoms with Gasteiger partial charge in [0.2, 0.25) is 0 Å². The lowest BCUT2D eigenvalue weighted by Crippen LogP contribution is -2.20. The summed E-state index contributed by atoms with van der Waals surface area (Å²) in [6.45, 7) is 0. The van der Waals surface area contributed by atoms with E-state index >= 15 is 0 Å². The molecule has 0 aliphatic rings. The highest BCUT2D eigenvalue weighted by atomic mass is 16.6. The Bertz CT molecular complexity index is 1330. The maximum Gasteiger partial charge on any atom is 0.270 e. The lowest BCUT2D eigenvalue weighted by Gasteiger charge is -2.09. The first-order valence-electron chi connectivity index (χ1n) is 9.75. The van der Waals surface area contributed by atoms with Crippen LogP contribution in [0.4, 0.5) is 11.4 Å². The summed E-state index contributed by atoms with van der Waals surface area (Å²) in [7, 11) is 1.58. The standard InChI is InChI=1S/C24H19N5O3/c1-32-23-12-5-4-11-21(23)27-24(22-14-13-18-8-2-3-10-20(18)26-22)28-25-16-17-7-6-9-19(15-17)29(30)31/h2-16H,1H3,(H,27,28)/b25-16+. The molecule has 1 N–H and O–H groups in total. The van der Waals surface area contributed by atoms with Gasteiger partial charge < -0.3 is 4.74 Å². The van der Waals surface area contributed by atoms with Gasteiger partial charge in [-0.25, -0.2) is 9.98 Å². The molecule has 0 amide bonds. The minimum absolute atomic E-state index is 0.00643. The third-order valence-corrected chi connectivity index (χ3v) is 4.62. The number of pyridine rings is 1. The van der Waals surface area contributed by atoms with Gasteiger partial charge in [-0.3, -0.25) is 15.5 Å². The third kappa shape index (κ3) is 4.76. The highest BCUT2D eigenvalue weighted by molar-refractivity contribution is 6.01. The number of nitro benzene ring substituents is 1. The Morgan fingerprint density at radius 2 is 1.84 bits per heavy atom. The van der Waals surface area contributed by atoms with Crippen molar-refractivity contribution >= 4 is 34.3 Å². The number of para-hydroxylation sites is 3. The largest absolute Gasteiger partial charge is 0.494 e. The number of rotatable bonds is 6. The number of methoxy groups -OCH3 is 1. The van der Waals surface area contributed by atoms with Gasteiger partial charge in [0.15, 0.2) is 5.84 Å². The van der Waals surface area contributed by atoms with E-state index in [1.54, 1.807) is 19.2 Å². The van der Waals surface area contributed by atoms with Crippen LogP contribution in [-0.2, 0) is 0 Å². The van der Waals surface area contributed by atoms with Gasteiger partial charge in [-0.15, -0.1) is 0 Å². The molecule has 0 fully saturated rings. The summed E-state index contributed by atoms with van der Waals surface area (Å²) in [5.74, 6) is 1.01. The lowest BCUT2D eigenvalue weighted by molar-refractivity contribution is -0.384. The van der Waals surface area contributed by atoms with E-state index in [1.807, 2.05) is 60.7 Å². The number of hydrogen-bond donors (Lipinski definition) is 1. The topological polar surface area (TPSA) is 102 Å². The van der Waals surface area contributed by atoms with Crippen LogP contribution >= 0.6 is 0 Å². The highest BCUT2D eigenvalue weighted by Gasteiger charge is 2.09. The van der Waals surface area contributed by atoms with E-state index in [-0.39, 0.29) is 5.69 Å². The van der Waals surface area contributed by atoms with Gasteiger partial charge in [0.25, 0.3) is 5.69 Å². The molecule has 1 aromatic heterocycles. The fourth-order valence-corrected chi connectivity index (χ4v) is 3.07. The number of aliphatic imine (C=N–C) groups is 1. The number of hydrazone groups is 1. The average Bonchev–Trinajstić information content (AvgIpc) is 2.83. The predicted molar refractivity (Wildman–Crippen MR) is 125 cm³/mol. The van der Waals surface area contributed by atoms with E-state index in [2.05, 4.69) is 15.5 Å². The molecule has 1 heterocycles. The zero-order chi connectivity index (χ0) is 22.3. The van der Waals surface area contributed by atoms with E-state index in [9.17, 15) is 10.1 Å². The van der Waals surface area contributed by atoms with Crippen LogP contribution in [0.25, 0.3) is 10.9 Å². The van der Waals surface area contributed by atoms with Gasteiger partial charge >= 0.3 is 0 Å². The van der Waals surface area contributed by atoms with Crippen LogP contribution in [0.3, 0.4) is 0 Å². The van der Waals surface area contributed by atoms with Crippen LogP contribution in [0.2, 0.25) is 0 Å². The SMILES string of the molecule is COc1ccccc1N=C(N/N=C/c1cccc([N+](=O)[O-])c1)c1ccc2ccccc2n1. The molecule has 0 aliphatic carbocycles. The quantitative estimate of drug-likeness (QED) is 0.206. The molecular weight excluding hydrogens is 406 g/mol. The fraction of sp³-hybridized carbons (Fsp3) is 0.0417. The molecule has 0 saturated heterocycles. The van der Waals surface area contributed by atoms with Crippen molar-refractivity contribution in [3.63, 3.8) is 0 Å². The Balaban J connectivity index is 1.71. The van der Waals surface area contributed by atoms with Crippen molar-refractivity contribution in [3.8, 4) is 5.75 Å². The molecule has 8 nitrogen and oxygen atoms in total. The molecule has 8 heteroatoms. The first-order valence-corrected chi connectivity index (χ1v) is 9.75. The minimum Gasteiger partial charge on any atom is -0.494 e. The molecule has 0 radical (unpaired) electrons. The second-order valence-electron chi connectivity index (χ2n) is 6.74. The lowest BCUT2D eigenvalue weighted by atomic mass is 10.2. The van der Waals surface area contributed by atoms with Crippen LogP contribution < -0.4 is 10.2 Å². The smallest absolute Gasteiger partial charge is 0.270 e. The summed E-state index contributed by atoms with van der Waals surface area (Å²) >= 11 is 0. The van der Waals surface area contributed by atoms with E-state index in [1.165, 1.54) is 18.3 Å². The van der Waals surface area contributed by atoms with E-state index in [0.717, 1.165) is 10.9 Å². The van der Waals surface area contributed by atoms with Crippen LogP contribution in [0.1, 0.15) is 11.3 Å². The molecule has 0 unspecified atom stereocenters. The first kappa shape index (κ1) is 20.7. The zero-order valence-electron chi connectivity index (χ0n) is 17.2. The number of amidine groups is 1. The summed E-state index contributed by atoms with van der Waals surface area (Å²) in [6, 6.07) is 25.2. The van der Waals surface area contributed by atoms with E-state index in [4.69, 9.17) is 9.72 Å². The molecule has 32 heavy (non-hydrogen) atoms. The van der Waals surface area contributed by atoms with Crippen molar-refractivity contribution in [3.05, 3.63) is 106 Å². The molecule has 3 aromatic carbocycles. The van der Waals surface area contributed by atoms with Crippen LogP contribution in [0, 0.1) is 10.1 Å². The first-order chi connectivity index (χ1) is 15.6. The van der Waals surface area contributed by atoms with Crippen molar-refractivity contribution in [2.45, 2.75) is 0 Å². The molecule has 4 rings (SSSR count). The predicted octanol–water partition coefficient (Wildman–Crippen LogP) is 4.85. The molecule has 0 saturated carbocycles. The number of nitro groups is 1. The van der Waals surface area contributed by atoms with Crippen LogP contribution in [0.15, 0.2) is 95.0 Å². The normalized spacial score (nSPS) is 11.6. The molecule has 0 bridgehead atoms. The Labute approximate surface area is 184 Å². The van der Waals surface area contributed by atoms with Crippen molar-refractivity contribution in [1.29, 1.82) is 0 Å². The highest BCUT2D eigenvalue weighted by Crippen LogP contribution is 2.27. The van der Waals surface area contributed by atoms with E-state index in [0.29, 0.717) is 28.5 Å². The van der Waals surface area contributed by atoms with Crippen LogP contribution in [-0.4, -0.2) is 29.1 Å². The van der Waals surface area contributed by atoms with Gasteiger partial charge in [-0.05, 0) is 24.3 Å². The fourth-order valence-electron chi connectivity index (χ4n) is 3.07. The van der Waals surface area contributed by atoms with Crippen molar-refractivity contribution < 1.29 is 9.66 Å². The number of hydrogen-bond acceptors (Lipinski definition) is 6. The second kappa shape index (κ2) is 9.48. The number of non-ortho nitro benzene ring substituents is 1. The van der Waals surface area contributed by atoms with Crippen molar-refractivity contribution in [2.75, 3.05) is 7.11 Å². The minimum atomic E-state index is -0.446. The van der Waals surface area contributed by atoms with E-state index < -0.39 is 4.92 Å². The number of aromatic nitrogens is 1. The number of nitrogens with one attached hydrogen (secondary N) is 1. The summed E-state index contributed by atoms with van der Waals surface area (Å²) in [4.78, 5) is 19.9. The van der Waals surface area contributed by atoms with Gasteiger partial charge in [0.05, 0.1) is 23.8 Å². The molecule has 0 aliphatic heterocycles. The van der Waals surface area contributed by atoms with Gasteiger partial charge in [-0.2, -0.15) is 5.10 Å². The summed E-state index contributed by atoms with van der Waals surface area (Å²) in [5.41, 5.74) is 5.52. The number of ether oxygens (including phenoxy) is 1. The Hall–Kier alpha value is -4.59. The number of nitrogens with zero attached hydrogens (tertiary/aromatic N) is 4. The van der Waals surface area contributed by atoms with Crippen LogP contribution in [0.5, 0.6) is 5.75 Å².